The lowest BCUT2D eigenvalue weighted by molar-refractivity contribution is 0.577. The predicted molar refractivity (Wildman–Crippen MR) is 106 cm³/mol. The van der Waals surface area contributed by atoms with Gasteiger partial charge in [0.25, 0.3) is 5.56 Å². The van der Waals surface area contributed by atoms with Gasteiger partial charge < -0.3 is 19.1 Å². The molecular weight excluding hydrogens is 356 g/mol. The number of nitrogens with zero attached hydrogens (tertiary/aromatic N) is 3. The largest absolute Gasteiger partial charge is 0.463 e. The van der Waals surface area contributed by atoms with Crippen LogP contribution in [-0.2, 0) is 6.54 Å². The van der Waals surface area contributed by atoms with Crippen LogP contribution in [0.25, 0.3) is 34.0 Å². The molecule has 28 heavy (non-hydrogen) atoms. The van der Waals surface area contributed by atoms with Gasteiger partial charge in [-0.05, 0) is 36.8 Å². The van der Waals surface area contributed by atoms with Crippen molar-refractivity contribution in [1.29, 1.82) is 0 Å². The van der Waals surface area contributed by atoms with Crippen LogP contribution in [0.15, 0.2) is 68.8 Å². The van der Waals surface area contributed by atoms with Crippen molar-refractivity contribution in [2.45, 2.75) is 26.3 Å². The molecule has 0 aliphatic rings. The molecule has 0 saturated carbocycles. The Morgan fingerprint density at radius 3 is 2.18 bits per heavy atom. The lowest BCUT2D eigenvalue weighted by atomic mass is 10.0. The highest BCUT2D eigenvalue weighted by molar-refractivity contribution is 5.89. The van der Waals surface area contributed by atoms with Gasteiger partial charge >= 0.3 is 0 Å². The molecule has 7 nitrogen and oxygen atoms in total. The molecule has 0 unspecified atom stereocenters. The van der Waals surface area contributed by atoms with E-state index in [0.29, 0.717) is 35.0 Å². The SMILES string of the molecule is CCCCn1cc(-c2c(-c3ccco3)nc(N)nc2-c2ccco2)ccc1=O. The van der Waals surface area contributed by atoms with E-state index in [1.807, 2.05) is 18.3 Å². The van der Waals surface area contributed by atoms with Crippen LogP contribution in [0.4, 0.5) is 5.95 Å². The number of nitrogen functional groups attached to an aromatic ring is 1. The maximum Gasteiger partial charge on any atom is 0.250 e. The minimum atomic E-state index is -0.0485. The number of aryl methyl sites for hydroxylation is 1. The summed E-state index contributed by atoms with van der Waals surface area (Å²) in [5, 5.41) is 0. The van der Waals surface area contributed by atoms with Gasteiger partial charge in [0, 0.05) is 29.9 Å². The van der Waals surface area contributed by atoms with Crippen molar-refractivity contribution in [2.75, 3.05) is 5.73 Å². The summed E-state index contributed by atoms with van der Waals surface area (Å²) < 4.78 is 12.9. The zero-order valence-electron chi connectivity index (χ0n) is 15.5. The first kappa shape index (κ1) is 17.8. The Morgan fingerprint density at radius 1 is 1.00 bits per heavy atom. The van der Waals surface area contributed by atoms with Crippen LogP contribution in [0.5, 0.6) is 0 Å². The van der Waals surface area contributed by atoms with E-state index in [-0.39, 0.29) is 11.5 Å². The number of anilines is 1. The van der Waals surface area contributed by atoms with Crippen molar-refractivity contribution in [3.63, 3.8) is 0 Å². The summed E-state index contributed by atoms with van der Waals surface area (Å²) in [5.74, 6) is 1.23. The van der Waals surface area contributed by atoms with E-state index in [9.17, 15) is 4.79 Å². The molecule has 0 bridgehead atoms. The van der Waals surface area contributed by atoms with E-state index >= 15 is 0 Å². The first-order chi connectivity index (χ1) is 13.7. The Labute approximate surface area is 161 Å². The molecule has 0 radical (unpaired) electrons. The summed E-state index contributed by atoms with van der Waals surface area (Å²) in [4.78, 5) is 21.1. The van der Waals surface area contributed by atoms with Crippen molar-refractivity contribution in [1.82, 2.24) is 14.5 Å². The van der Waals surface area contributed by atoms with Crippen LogP contribution in [0.3, 0.4) is 0 Å². The number of rotatable bonds is 6. The molecule has 4 rings (SSSR count). The van der Waals surface area contributed by atoms with E-state index in [1.54, 1.807) is 41.4 Å². The van der Waals surface area contributed by atoms with Crippen molar-refractivity contribution >= 4 is 5.95 Å². The quantitative estimate of drug-likeness (QED) is 0.541. The monoisotopic (exact) mass is 376 g/mol. The topological polar surface area (TPSA) is 100 Å². The number of unbranched alkanes of at least 4 members (excludes halogenated alkanes) is 1. The Kier molecular flexibility index (Phi) is 4.80. The first-order valence-electron chi connectivity index (χ1n) is 9.13. The minimum absolute atomic E-state index is 0.0485. The smallest absolute Gasteiger partial charge is 0.250 e. The van der Waals surface area contributed by atoms with Gasteiger partial charge in [-0.25, -0.2) is 9.97 Å². The van der Waals surface area contributed by atoms with Gasteiger partial charge in [0.2, 0.25) is 5.95 Å². The molecule has 0 amide bonds. The van der Waals surface area contributed by atoms with Crippen LogP contribution in [0.2, 0.25) is 0 Å². The van der Waals surface area contributed by atoms with Crippen molar-refractivity contribution in [3.05, 3.63) is 65.5 Å². The molecular formula is C21H20N4O3. The van der Waals surface area contributed by atoms with Gasteiger partial charge in [0.15, 0.2) is 11.5 Å². The predicted octanol–water partition coefficient (Wildman–Crippen LogP) is 4.21. The molecule has 4 aromatic heterocycles. The molecule has 0 spiro atoms. The molecule has 4 heterocycles. The van der Waals surface area contributed by atoms with Crippen molar-refractivity contribution in [3.8, 4) is 34.0 Å². The molecule has 7 heteroatoms. The Morgan fingerprint density at radius 2 is 1.64 bits per heavy atom. The molecule has 142 valence electrons. The molecule has 0 fully saturated rings. The summed E-state index contributed by atoms with van der Waals surface area (Å²) in [6, 6.07) is 10.5. The van der Waals surface area contributed by atoms with Gasteiger partial charge in [-0.2, -0.15) is 0 Å². The number of hydrogen-bond donors (Lipinski definition) is 1. The second-order valence-corrected chi connectivity index (χ2v) is 6.41. The Bertz CT molecular complexity index is 1070. The number of nitrogens with two attached hydrogens (primary N) is 1. The lowest BCUT2D eigenvalue weighted by Gasteiger charge is -2.14. The number of hydrogen-bond acceptors (Lipinski definition) is 6. The highest BCUT2D eigenvalue weighted by Crippen LogP contribution is 2.38. The number of furan rings is 2. The van der Waals surface area contributed by atoms with Crippen LogP contribution in [0.1, 0.15) is 19.8 Å². The summed E-state index contributed by atoms with van der Waals surface area (Å²) in [7, 11) is 0. The molecule has 0 aromatic carbocycles. The van der Waals surface area contributed by atoms with Crippen LogP contribution < -0.4 is 11.3 Å². The third-order valence-corrected chi connectivity index (χ3v) is 4.46. The molecule has 2 N–H and O–H groups in total. The van der Waals surface area contributed by atoms with Crippen molar-refractivity contribution in [2.24, 2.45) is 0 Å². The highest BCUT2D eigenvalue weighted by Gasteiger charge is 2.22. The van der Waals surface area contributed by atoms with Crippen LogP contribution in [0, 0.1) is 0 Å². The maximum absolute atomic E-state index is 12.3. The first-order valence-corrected chi connectivity index (χ1v) is 9.13. The molecule has 0 aliphatic heterocycles. The van der Waals surface area contributed by atoms with Crippen LogP contribution >= 0.6 is 0 Å². The van der Waals surface area contributed by atoms with E-state index in [0.717, 1.165) is 18.4 Å². The molecule has 0 atom stereocenters. The van der Waals surface area contributed by atoms with Gasteiger partial charge in [-0.1, -0.05) is 13.3 Å². The van der Waals surface area contributed by atoms with E-state index < -0.39 is 0 Å². The Hall–Kier alpha value is -3.61. The summed E-state index contributed by atoms with van der Waals surface area (Å²) in [6.45, 7) is 2.73. The molecule has 0 saturated heterocycles. The Balaban J connectivity index is 1.98. The van der Waals surface area contributed by atoms with E-state index in [4.69, 9.17) is 14.6 Å². The second-order valence-electron chi connectivity index (χ2n) is 6.41. The zero-order valence-corrected chi connectivity index (χ0v) is 15.5. The lowest BCUT2D eigenvalue weighted by Crippen LogP contribution is -2.18. The average Bonchev–Trinajstić information content (AvgIpc) is 3.41. The fourth-order valence-electron chi connectivity index (χ4n) is 3.12. The third kappa shape index (κ3) is 3.34. The van der Waals surface area contributed by atoms with Gasteiger partial charge in [0.05, 0.1) is 12.5 Å². The van der Waals surface area contributed by atoms with Gasteiger partial charge in [0.1, 0.15) is 11.4 Å². The number of aromatic nitrogens is 3. The fraction of sp³-hybridized carbons (Fsp3) is 0.190. The van der Waals surface area contributed by atoms with Gasteiger partial charge in [-0.3, -0.25) is 4.79 Å². The van der Waals surface area contributed by atoms with Crippen LogP contribution in [-0.4, -0.2) is 14.5 Å². The molecule has 0 aliphatic carbocycles. The summed E-state index contributed by atoms with van der Waals surface area (Å²) >= 11 is 0. The standard InChI is InChI=1S/C21H20N4O3/c1-2-3-10-25-13-14(8-9-17(25)26)18-19(15-6-4-11-27-15)23-21(22)24-20(18)16-7-5-12-28-16/h4-9,11-13H,2-3,10H2,1H3,(H2,22,23,24). The second kappa shape index (κ2) is 7.56. The summed E-state index contributed by atoms with van der Waals surface area (Å²) in [5.41, 5.74) is 8.51. The highest BCUT2D eigenvalue weighted by atomic mass is 16.3. The maximum atomic E-state index is 12.3. The average molecular weight is 376 g/mol. The fourth-order valence-corrected chi connectivity index (χ4v) is 3.12. The number of pyridine rings is 1. The van der Waals surface area contributed by atoms with Gasteiger partial charge in [-0.15, -0.1) is 0 Å². The normalized spacial score (nSPS) is 11.0. The summed E-state index contributed by atoms with van der Waals surface area (Å²) in [6.07, 6.45) is 6.89. The van der Waals surface area contributed by atoms with E-state index in [2.05, 4.69) is 16.9 Å². The third-order valence-electron chi connectivity index (χ3n) is 4.46. The van der Waals surface area contributed by atoms with E-state index in [1.165, 1.54) is 0 Å². The molecule has 4 aromatic rings. The minimum Gasteiger partial charge on any atom is -0.463 e. The zero-order chi connectivity index (χ0) is 19.5. The van der Waals surface area contributed by atoms with Crippen molar-refractivity contribution < 1.29 is 8.83 Å².